The maximum Gasteiger partial charge on any atom is 0.0741 e. The Kier molecular flexibility index (Phi) is 1.29. The molecule has 2 heteroatoms. The van der Waals surface area contributed by atoms with Crippen LogP contribution in [-0.2, 0) is 0 Å². The molecule has 0 heterocycles. The van der Waals surface area contributed by atoms with Crippen molar-refractivity contribution in [2.75, 3.05) is 0 Å². The largest absolute Gasteiger partial charge is 0.391 e. The van der Waals surface area contributed by atoms with Crippen LogP contribution in [0.15, 0.2) is 0 Å². The molecule has 0 bridgehead atoms. The van der Waals surface area contributed by atoms with E-state index in [2.05, 4.69) is 13.8 Å². The normalized spacial score (nSPS) is 45.4. The van der Waals surface area contributed by atoms with Crippen LogP contribution in [0.2, 0.25) is 0 Å². The van der Waals surface area contributed by atoms with Gasteiger partial charge in [0.25, 0.3) is 0 Å². The average Bonchev–Trinajstić information content (AvgIpc) is 2.15. The second kappa shape index (κ2) is 1.71. The Morgan fingerprint density at radius 2 is 1.88 bits per heavy atom. The minimum Gasteiger partial charge on any atom is -0.391 e. The summed E-state index contributed by atoms with van der Waals surface area (Å²) in [5.74, 6) is 0.912. The first-order chi connectivity index (χ1) is 3.64. The van der Waals surface area contributed by atoms with Crippen molar-refractivity contribution in [1.82, 2.24) is 0 Å². The van der Waals surface area contributed by atoms with Crippen molar-refractivity contribution in [1.29, 1.82) is 0 Å². The molecular weight excluding hydrogens is 102 g/mol. The molecule has 48 valence electrons. The predicted octanol–water partition coefficient (Wildman–Crippen LogP) is -0.0396. The van der Waals surface area contributed by atoms with Gasteiger partial charge in [-0.1, -0.05) is 13.8 Å². The molecule has 0 aromatic carbocycles. The Bertz CT molecular complexity index is 77.8. The number of hydrogen-bond donors (Lipinski definition) is 2. The van der Waals surface area contributed by atoms with Gasteiger partial charge in [0.15, 0.2) is 0 Å². The maximum absolute atomic E-state index is 8.94. The van der Waals surface area contributed by atoms with Gasteiger partial charge in [0.2, 0.25) is 0 Å². The lowest BCUT2D eigenvalue weighted by Crippen LogP contribution is -2.06. The molecule has 3 N–H and O–H groups in total. The highest BCUT2D eigenvalue weighted by Crippen LogP contribution is 2.35. The summed E-state index contributed by atoms with van der Waals surface area (Å²) < 4.78 is 0. The van der Waals surface area contributed by atoms with E-state index in [1.807, 2.05) is 0 Å². The van der Waals surface area contributed by atoms with Gasteiger partial charge in [0.1, 0.15) is 0 Å². The van der Waals surface area contributed by atoms with Crippen molar-refractivity contribution < 1.29 is 5.11 Å². The third-order valence-electron chi connectivity index (χ3n) is 1.86. The van der Waals surface area contributed by atoms with E-state index < -0.39 is 0 Å². The summed E-state index contributed by atoms with van der Waals surface area (Å²) in [6.07, 6.45) is -0.213. The molecule has 0 radical (unpaired) electrons. The van der Waals surface area contributed by atoms with E-state index in [0.29, 0.717) is 11.8 Å². The van der Waals surface area contributed by atoms with Gasteiger partial charge in [-0.15, -0.1) is 0 Å². The number of nitrogens with two attached hydrogens (primary N) is 1. The van der Waals surface area contributed by atoms with E-state index in [1.165, 1.54) is 0 Å². The number of hydrogen-bond acceptors (Lipinski definition) is 2. The van der Waals surface area contributed by atoms with Crippen molar-refractivity contribution in [3.63, 3.8) is 0 Å². The van der Waals surface area contributed by atoms with Gasteiger partial charge in [-0.05, 0) is 5.92 Å². The van der Waals surface area contributed by atoms with E-state index in [-0.39, 0.29) is 12.1 Å². The third kappa shape index (κ3) is 0.740. The topological polar surface area (TPSA) is 46.2 Å². The molecule has 0 spiro atoms. The second-order valence-corrected chi connectivity index (χ2v) is 2.89. The number of aliphatic hydroxyl groups is 1. The average molecular weight is 115 g/mol. The molecule has 1 fully saturated rings. The first-order valence-corrected chi connectivity index (χ1v) is 3.08. The lowest BCUT2D eigenvalue weighted by Gasteiger charge is -1.97. The molecule has 8 heavy (non-hydrogen) atoms. The van der Waals surface area contributed by atoms with Crippen LogP contribution in [0.4, 0.5) is 0 Å². The molecule has 0 saturated heterocycles. The first-order valence-electron chi connectivity index (χ1n) is 3.08. The number of aliphatic hydroxyl groups excluding tert-OH is 1. The molecule has 3 atom stereocenters. The Balaban J connectivity index is 2.33. The summed E-state index contributed by atoms with van der Waals surface area (Å²) in [6, 6.07) is 0.0648. The van der Waals surface area contributed by atoms with Gasteiger partial charge in [0.05, 0.1) is 6.10 Å². The smallest absolute Gasteiger partial charge is 0.0741 e. The highest BCUT2D eigenvalue weighted by Gasteiger charge is 2.47. The van der Waals surface area contributed by atoms with Crippen LogP contribution in [0.1, 0.15) is 13.8 Å². The minimum atomic E-state index is -0.213. The standard InChI is InChI=1S/C6H13NO/c1-3(2)4-5(7)6(4)8/h3-6,8H,7H2,1-2H3. The first kappa shape index (κ1) is 6.05. The second-order valence-electron chi connectivity index (χ2n) is 2.89. The summed E-state index contributed by atoms with van der Waals surface area (Å²) in [5, 5.41) is 8.94. The van der Waals surface area contributed by atoms with Gasteiger partial charge in [-0.2, -0.15) is 0 Å². The lowest BCUT2D eigenvalue weighted by atomic mass is 10.1. The maximum atomic E-state index is 8.94. The molecule has 3 unspecified atom stereocenters. The van der Waals surface area contributed by atoms with Crippen molar-refractivity contribution in [2.24, 2.45) is 17.6 Å². The number of rotatable bonds is 1. The molecule has 0 aliphatic heterocycles. The van der Waals surface area contributed by atoms with Crippen LogP contribution < -0.4 is 5.73 Å². The summed E-state index contributed by atoms with van der Waals surface area (Å²) >= 11 is 0. The Labute approximate surface area is 49.7 Å². The fourth-order valence-electron chi connectivity index (χ4n) is 1.18. The summed E-state index contributed by atoms with van der Waals surface area (Å²) in [4.78, 5) is 0. The van der Waals surface area contributed by atoms with Crippen LogP contribution in [0.3, 0.4) is 0 Å². The molecule has 0 amide bonds. The summed E-state index contributed by atoms with van der Waals surface area (Å²) in [5.41, 5.74) is 5.46. The fourth-order valence-corrected chi connectivity index (χ4v) is 1.18. The van der Waals surface area contributed by atoms with Crippen molar-refractivity contribution in [3.8, 4) is 0 Å². The molecule has 1 aliphatic rings. The van der Waals surface area contributed by atoms with Crippen LogP contribution in [0.5, 0.6) is 0 Å². The van der Waals surface area contributed by atoms with Crippen molar-refractivity contribution in [2.45, 2.75) is 26.0 Å². The zero-order valence-corrected chi connectivity index (χ0v) is 5.33. The van der Waals surface area contributed by atoms with E-state index in [9.17, 15) is 0 Å². The van der Waals surface area contributed by atoms with Gasteiger partial charge in [-0.25, -0.2) is 0 Å². The molecule has 0 aromatic heterocycles. The third-order valence-corrected chi connectivity index (χ3v) is 1.86. The predicted molar refractivity (Wildman–Crippen MR) is 32.3 cm³/mol. The molecule has 1 rings (SSSR count). The van der Waals surface area contributed by atoms with Crippen LogP contribution in [0, 0.1) is 11.8 Å². The zero-order chi connectivity index (χ0) is 6.31. The molecule has 1 aliphatic carbocycles. The van der Waals surface area contributed by atoms with Crippen molar-refractivity contribution in [3.05, 3.63) is 0 Å². The van der Waals surface area contributed by atoms with Gasteiger partial charge < -0.3 is 10.8 Å². The quantitative estimate of drug-likeness (QED) is 0.503. The van der Waals surface area contributed by atoms with Gasteiger partial charge in [0, 0.05) is 12.0 Å². The highest BCUT2D eigenvalue weighted by atomic mass is 16.3. The molecule has 1 saturated carbocycles. The lowest BCUT2D eigenvalue weighted by molar-refractivity contribution is 0.243. The van der Waals surface area contributed by atoms with E-state index in [0.717, 1.165) is 0 Å². The SMILES string of the molecule is CC(C)C1C(N)C1O. The monoisotopic (exact) mass is 115 g/mol. The Morgan fingerprint density at radius 1 is 1.50 bits per heavy atom. The van der Waals surface area contributed by atoms with Gasteiger partial charge >= 0.3 is 0 Å². The molecule has 2 nitrogen and oxygen atoms in total. The van der Waals surface area contributed by atoms with Crippen LogP contribution in [-0.4, -0.2) is 17.3 Å². The minimum absolute atomic E-state index is 0.0648. The fraction of sp³-hybridized carbons (Fsp3) is 1.00. The van der Waals surface area contributed by atoms with Gasteiger partial charge in [-0.3, -0.25) is 0 Å². The zero-order valence-electron chi connectivity index (χ0n) is 5.33. The molecular formula is C6H13NO. The van der Waals surface area contributed by atoms with Crippen molar-refractivity contribution >= 4 is 0 Å². The van der Waals surface area contributed by atoms with E-state index in [1.54, 1.807) is 0 Å². The van der Waals surface area contributed by atoms with Crippen LogP contribution >= 0.6 is 0 Å². The van der Waals surface area contributed by atoms with E-state index >= 15 is 0 Å². The Morgan fingerprint density at radius 3 is 1.88 bits per heavy atom. The summed E-state index contributed by atoms with van der Waals surface area (Å²) in [6.45, 7) is 4.17. The van der Waals surface area contributed by atoms with Crippen LogP contribution in [0.25, 0.3) is 0 Å². The Hall–Kier alpha value is -0.0800. The van der Waals surface area contributed by atoms with E-state index in [4.69, 9.17) is 10.8 Å². The molecule has 0 aromatic rings. The highest BCUT2D eigenvalue weighted by molar-refractivity contribution is 5.02. The summed E-state index contributed by atoms with van der Waals surface area (Å²) in [7, 11) is 0.